The fourth-order valence-electron chi connectivity index (χ4n) is 0.603. The van der Waals surface area contributed by atoms with Crippen LogP contribution in [0, 0.1) is 5.92 Å². The molecular formula is C8H16N2O. The molecule has 0 saturated carbocycles. The highest BCUT2D eigenvalue weighted by atomic mass is 16.1. The smallest absolute Gasteiger partial charge is 0.221 e. The lowest BCUT2D eigenvalue weighted by Crippen LogP contribution is -2.31. The van der Waals surface area contributed by atoms with E-state index in [1.807, 2.05) is 6.92 Å². The van der Waals surface area contributed by atoms with Crippen LogP contribution in [0.5, 0.6) is 0 Å². The van der Waals surface area contributed by atoms with Gasteiger partial charge in [0.25, 0.3) is 0 Å². The van der Waals surface area contributed by atoms with Gasteiger partial charge in [0.2, 0.25) is 5.91 Å². The van der Waals surface area contributed by atoms with Crippen molar-refractivity contribution in [3.63, 3.8) is 0 Å². The van der Waals surface area contributed by atoms with E-state index in [1.54, 1.807) is 6.92 Å². The Balaban J connectivity index is 3.39. The summed E-state index contributed by atoms with van der Waals surface area (Å²) in [5.74, 6) is -0.367. The highest BCUT2D eigenvalue weighted by molar-refractivity contribution is 5.76. The van der Waals surface area contributed by atoms with Crippen molar-refractivity contribution in [2.45, 2.75) is 13.8 Å². The van der Waals surface area contributed by atoms with Crippen molar-refractivity contribution in [2.75, 3.05) is 13.1 Å². The number of nitrogens with two attached hydrogens (primary N) is 1. The average molecular weight is 156 g/mol. The summed E-state index contributed by atoms with van der Waals surface area (Å²) in [4.78, 5) is 10.5. The largest absolute Gasteiger partial charge is 0.369 e. The van der Waals surface area contributed by atoms with Crippen LogP contribution >= 0.6 is 0 Å². The van der Waals surface area contributed by atoms with E-state index in [4.69, 9.17) is 5.73 Å². The van der Waals surface area contributed by atoms with Crippen LogP contribution in [0.15, 0.2) is 12.2 Å². The molecule has 0 bridgehead atoms. The molecule has 0 saturated heterocycles. The fraction of sp³-hybridized carbons (Fsp3) is 0.625. The van der Waals surface area contributed by atoms with Gasteiger partial charge in [0, 0.05) is 19.0 Å². The van der Waals surface area contributed by atoms with Crippen molar-refractivity contribution in [3.8, 4) is 0 Å². The molecule has 11 heavy (non-hydrogen) atoms. The number of carbonyl (C=O) groups is 1. The van der Waals surface area contributed by atoms with E-state index >= 15 is 0 Å². The van der Waals surface area contributed by atoms with Crippen LogP contribution in [-0.2, 0) is 4.79 Å². The standard InChI is InChI=1S/C8H16N2O/c1-6(2)4-10-5-7(3)8(9)11/h7,10H,1,4-5H2,2-3H3,(H2,9,11). The first-order chi connectivity index (χ1) is 5.04. The molecule has 1 atom stereocenters. The van der Waals surface area contributed by atoms with Crippen molar-refractivity contribution in [1.82, 2.24) is 5.32 Å². The van der Waals surface area contributed by atoms with E-state index in [2.05, 4.69) is 11.9 Å². The van der Waals surface area contributed by atoms with Gasteiger partial charge in [-0.05, 0) is 6.92 Å². The molecule has 0 aromatic rings. The lowest BCUT2D eigenvalue weighted by atomic mass is 10.1. The Morgan fingerprint density at radius 3 is 2.64 bits per heavy atom. The Kier molecular flexibility index (Phi) is 4.54. The predicted molar refractivity (Wildman–Crippen MR) is 46.0 cm³/mol. The predicted octanol–water partition coefficient (Wildman–Crippen LogP) is 0.273. The summed E-state index contributed by atoms with van der Waals surface area (Å²) in [6.07, 6.45) is 0. The maximum Gasteiger partial charge on any atom is 0.221 e. The van der Waals surface area contributed by atoms with Crippen molar-refractivity contribution in [2.24, 2.45) is 11.7 Å². The topological polar surface area (TPSA) is 55.1 Å². The van der Waals surface area contributed by atoms with Gasteiger partial charge in [0.05, 0.1) is 0 Å². The second-order valence-electron chi connectivity index (χ2n) is 2.89. The molecule has 0 aromatic carbocycles. The van der Waals surface area contributed by atoms with Gasteiger partial charge in [-0.3, -0.25) is 4.79 Å². The lowest BCUT2D eigenvalue weighted by molar-refractivity contribution is -0.121. The number of amides is 1. The maximum absolute atomic E-state index is 10.5. The normalized spacial score (nSPS) is 12.5. The SMILES string of the molecule is C=C(C)CNCC(C)C(N)=O. The van der Waals surface area contributed by atoms with E-state index < -0.39 is 0 Å². The summed E-state index contributed by atoms with van der Waals surface area (Å²) in [6, 6.07) is 0. The number of hydrogen-bond acceptors (Lipinski definition) is 2. The van der Waals surface area contributed by atoms with Crippen molar-refractivity contribution in [3.05, 3.63) is 12.2 Å². The summed E-state index contributed by atoms with van der Waals surface area (Å²) in [5.41, 5.74) is 6.11. The molecule has 1 amide bonds. The summed E-state index contributed by atoms with van der Waals surface area (Å²) >= 11 is 0. The Bertz CT molecular complexity index is 154. The maximum atomic E-state index is 10.5. The minimum atomic E-state index is -0.265. The summed E-state index contributed by atoms with van der Waals surface area (Å²) in [6.45, 7) is 8.82. The molecule has 0 aliphatic carbocycles. The molecule has 0 aromatic heterocycles. The fourth-order valence-corrected chi connectivity index (χ4v) is 0.603. The minimum absolute atomic E-state index is 0.102. The van der Waals surface area contributed by atoms with E-state index in [0.717, 1.165) is 12.1 Å². The minimum Gasteiger partial charge on any atom is -0.369 e. The number of primary amides is 1. The van der Waals surface area contributed by atoms with Crippen LogP contribution in [-0.4, -0.2) is 19.0 Å². The lowest BCUT2D eigenvalue weighted by Gasteiger charge is -2.07. The molecular weight excluding hydrogens is 140 g/mol. The first kappa shape index (κ1) is 10.2. The molecule has 0 spiro atoms. The monoisotopic (exact) mass is 156 g/mol. The Hall–Kier alpha value is -0.830. The van der Waals surface area contributed by atoms with Gasteiger partial charge in [0.1, 0.15) is 0 Å². The van der Waals surface area contributed by atoms with Crippen LogP contribution in [0.3, 0.4) is 0 Å². The zero-order chi connectivity index (χ0) is 8.85. The molecule has 0 aliphatic heterocycles. The number of hydrogen-bond donors (Lipinski definition) is 2. The van der Waals surface area contributed by atoms with Crippen molar-refractivity contribution < 1.29 is 4.79 Å². The molecule has 0 rings (SSSR count). The van der Waals surface area contributed by atoms with Crippen LogP contribution in [0.2, 0.25) is 0 Å². The van der Waals surface area contributed by atoms with Gasteiger partial charge in [-0.15, -0.1) is 0 Å². The number of nitrogens with one attached hydrogen (secondary N) is 1. The van der Waals surface area contributed by atoms with Gasteiger partial charge in [-0.2, -0.15) is 0 Å². The average Bonchev–Trinajstić information content (AvgIpc) is 1.86. The van der Waals surface area contributed by atoms with Gasteiger partial charge < -0.3 is 11.1 Å². The van der Waals surface area contributed by atoms with Crippen molar-refractivity contribution in [1.29, 1.82) is 0 Å². The molecule has 0 radical (unpaired) electrons. The molecule has 3 N–H and O–H groups in total. The Morgan fingerprint density at radius 1 is 1.73 bits per heavy atom. The zero-order valence-electron chi connectivity index (χ0n) is 7.18. The van der Waals surface area contributed by atoms with Gasteiger partial charge in [0.15, 0.2) is 0 Å². The third-order valence-corrected chi connectivity index (χ3v) is 1.36. The van der Waals surface area contributed by atoms with Crippen LogP contribution in [0.4, 0.5) is 0 Å². The first-order valence-electron chi connectivity index (χ1n) is 3.68. The Morgan fingerprint density at radius 2 is 2.27 bits per heavy atom. The van der Waals surface area contributed by atoms with Gasteiger partial charge in [-0.1, -0.05) is 19.1 Å². The summed E-state index contributed by atoms with van der Waals surface area (Å²) < 4.78 is 0. The van der Waals surface area contributed by atoms with Crippen LogP contribution in [0.1, 0.15) is 13.8 Å². The van der Waals surface area contributed by atoms with E-state index in [1.165, 1.54) is 0 Å². The van der Waals surface area contributed by atoms with Crippen molar-refractivity contribution >= 4 is 5.91 Å². The molecule has 64 valence electrons. The summed E-state index contributed by atoms with van der Waals surface area (Å²) in [5, 5.41) is 3.07. The van der Waals surface area contributed by atoms with E-state index in [9.17, 15) is 4.79 Å². The number of carbonyl (C=O) groups excluding carboxylic acids is 1. The third kappa shape index (κ3) is 5.61. The quantitative estimate of drug-likeness (QED) is 0.561. The van der Waals surface area contributed by atoms with Crippen LogP contribution < -0.4 is 11.1 Å². The van der Waals surface area contributed by atoms with Gasteiger partial charge in [-0.25, -0.2) is 0 Å². The highest BCUT2D eigenvalue weighted by Crippen LogP contribution is 1.90. The Labute approximate surface area is 67.7 Å². The first-order valence-corrected chi connectivity index (χ1v) is 3.68. The molecule has 1 unspecified atom stereocenters. The number of rotatable bonds is 5. The summed E-state index contributed by atoms with van der Waals surface area (Å²) in [7, 11) is 0. The zero-order valence-corrected chi connectivity index (χ0v) is 7.18. The van der Waals surface area contributed by atoms with E-state index in [-0.39, 0.29) is 11.8 Å². The van der Waals surface area contributed by atoms with Gasteiger partial charge >= 0.3 is 0 Å². The molecule has 3 nitrogen and oxygen atoms in total. The molecule has 3 heteroatoms. The molecule has 0 aliphatic rings. The third-order valence-electron chi connectivity index (χ3n) is 1.36. The molecule has 0 fully saturated rings. The molecule has 0 heterocycles. The van der Waals surface area contributed by atoms with Crippen LogP contribution in [0.25, 0.3) is 0 Å². The second kappa shape index (κ2) is 4.91. The second-order valence-corrected chi connectivity index (χ2v) is 2.89. The highest BCUT2D eigenvalue weighted by Gasteiger charge is 2.06. The van der Waals surface area contributed by atoms with E-state index in [0.29, 0.717) is 6.54 Å².